The zero-order chi connectivity index (χ0) is 48.2. The van der Waals surface area contributed by atoms with E-state index in [4.69, 9.17) is 0 Å². The molecule has 0 bridgehead atoms. The Hall–Kier alpha value is -10.6. The number of aromatic nitrogens is 4. The van der Waals surface area contributed by atoms with Gasteiger partial charge in [-0.1, -0.05) is 146 Å². The molecule has 0 radical (unpaired) electrons. The fourth-order valence-corrected chi connectivity index (χ4v) is 11.7. The molecule has 0 unspecified atom stereocenters. The Kier molecular flexibility index (Phi) is 8.67. The summed E-state index contributed by atoms with van der Waals surface area (Å²) >= 11 is 0. The lowest BCUT2D eigenvalue weighted by atomic mass is 9.89. The Morgan fingerprint density at radius 3 is 0.639 bits per heavy atom. The molecule has 14 aromatic rings. The van der Waals surface area contributed by atoms with Gasteiger partial charge in [0.15, 0.2) is 0 Å². The number of nitriles is 4. The van der Waals surface area contributed by atoms with E-state index in [2.05, 4.69) is 91.1 Å². The summed E-state index contributed by atoms with van der Waals surface area (Å²) in [6.07, 6.45) is 0. The molecule has 0 saturated heterocycles. The van der Waals surface area contributed by atoms with Crippen LogP contribution in [0.5, 0.6) is 0 Å². The first kappa shape index (κ1) is 40.4. The highest BCUT2D eigenvalue weighted by Gasteiger charge is 2.32. The van der Waals surface area contributed by atoms with E-state index in [0.717, 1.165) is 87.2 Å². The minimum atomic E-state index is 0.160. The van der Waals surface area contributed by atoms with Gasteiger partial charge in [-0.05, 0) is 60.7 Å². The molecule has 0 spiro atoms. The Bertz CT molecular complexity index is 4350. The van der Waals surface area contributed by atoms with Crippen molar-refractivity contribution in [2.45, 2.75) is 0 Å². The Morgan fingerprint density at radius 2 is 0.431 bits per heavy atom. The first-order chi connectivity index (χ1) is 35.6. The average Bonchev–Trinajstić information content (AvgIpc) is 4.17. The second kappa shape index (κ2) is 15.4. The zero-order valence-electron chi connectivity index (χ0n) is 38.2. The highest BCUT2D eigenvalue weighted by Crippen LogP contribution is 2.48. The molecule has 0 aliphatic heterocycles. The highest BCUT2D eigenvalue weighted by molar-refractivity contribution is 6.14. The Morgan fingerprint density at radius 1 is 0.236 bits per heavy atom. The van der Waals surface area contributed by atoms with E-state index in [1.807, 2.05) is 158 Å². The topological polar surface area (TPSA) is 115 Å². The van der Waals surface area contributed by atoms with Gasteiger partial charge in [0, 0.05) is 54.2 Å². The standard InChI is InChI=1S/C64H34N8/c65-35-49-51(37-67)63(71-57-29-13-5-21-43(57)44-22-6-14-30-58(44)71)47(33-61(49)69-53-25-9-1-17-39(53)40-18-2-10-26-54(40)69)48-34-62(70-55-27-11-3-19-41(55)42-20-4-12-28-56(42)70)50(36-66)52(38-68)64(48)72-59-31-15-7-23-45(59)46-24-8-16-32-60(46)72/h1-34H. The van der Waals surface area contributed by atoms with Crippen LogP contribution < -0.4 is 0 Å². The fourth-order valence-electron chi connectivity index (χ4n) is 11.7. The molecule has 0 saturated carbocycles. The highest BCUT2D eigenvalue weighted by atomic mass is 15.0. The third-order valence-electron chi connectivity index (χ3n) is 14.5. The zero-order valence-corrected chi connectivity index (χ0v) is 38.2. The first-order valence-electron chi connectivity index (χ1n) is 23.6. The van der Waals surface area contributed by atoms with E-state index < -0.39 is 0 Å². The van der Waals surface area contributed by atoms with Crippen molar-refractivity contribution in [2.24, 2.45) is 0 Å². The van der Waals surface area contributed by atoms with Crippen molar-refractivity contribution in [3.05, 3.63) is 229 Å². The summed E-state index contributed by atoms with van der Waals surface area (Å²) in [4.78, 5) is 0. The molecular formula is C64H34N8. The maximum atomic E-state index is 11.9. The number of para-hydroxylation sites is 8. The van der Waals surface area contributed by atoms with Crippen LogP contribution in [-0.4, -0.2) is 18.3 Å². The van der Waals surface area contributed by atoms with E-state index >= 15 is 0 Å². The van der Waals surface area contributed by atoms with Crippen LogP contribution >= 0.6 is 0 Å². The second-order valence-electron chi connectivity index (χ2n) is 18.0. The van der Waals surface area contributed by atoms with Crippen LogP contribution in [0, 0.1) is 45.3 Å². The van der Waals surface area contributed by atoms with Gasteiger partial charge in [-0.3, -0.25) is 0 Å². The van der Waals surface area contributed by atoms with Crippen molar-refractivity contribution >= 4 is 87.2 Å². The van der Waals surface area contributed by atoms with Crippen LogP contribution in [0.4, 0.5) is 0 Å². The number of hydrogen-bond donors (Lipinski definition) is 0. The molecule has 0 aliphatic carbocycles. The first-order valence-corrected chi connectivity index (χ1v) is 23.6. The number of benzene rings is 10. The van der Waals surface area contributed by atoms with Crippen molar-refractivity contribution in [1.82, 2.24) is 18.3 Å². The predicted molar refractivity (Wildman–Crippen MR) is 288 cm³/mol. The van der Waals surface area contributed by atoms with Gasteiger partial charge >= 0.3 is 0 Å². The van der Waals surface area contributed by atoms with Gasteiger partial charge in [0.1, 0.15) is 24.3 Å². The van der Waals surface area contributed by atoms with Gasteiger partial charge < -0.3 is 18.3 Å². The Labute approximate surface area is 411 Å². The summed E-state index contributed by atoms with van der Waals surface area (Å²) in [5.41, 5.74) is 10.6. The largest absolute Gasteiger partial charge is 0.308 e. The van der Waals surface area contributed by atoms with Gasteiger partial charge in [-0.2, -0.15) is 21.0 Å². The summed E-state index contributed by atoms with van der Waals surface area (Å²) in [6.45, 7) is 0. The summed E-state index contributed by atoms with van der Waals surface area (Å²) < 4.78 is 8.39. The molecular weight excluding hydrogens is 881 g/mol. The minimum absolute atomic E-state index is 0.160. The smallest absolute Gasteiger partial charge is 0.103 e. The van der Waals surface area contributed by atoms with Crippen molar-refractivity contribution in [2.75, 3.05) is 0 Å². The van der Waals surface area contributed by atoms with E-state index in [-0.39, 0.29) is 22.3 Å². The molecule has 4 heterocycles. The minimum Gasteiger partial charge on any atom is -0.308 e. The molecule has 0 fully saturated rings. The van der Waals surface area contributed by atoms with Crippen LogP contribution in [0.15, 0.2) is 206 Å². The number of nitrogens with zero attached hydrogens (tertiary/aromatic N) is 8. The average molecular weight is 915 g/mol. The van der Waals surface area contributed by atoms with Gasteiger partial charge in [0.05, 0.1) is 89.1 Å². The van der Waals surface area contributed by atoms with E-state index in [1.54, 1.807) is 0 Å². The maximum absolute atomic E-state index is 11.9. The molecule has 4 aromatic heterocycles. The van der Waals surface area contributed by atoms with E-state index in [0.29, 0.717) is 33.9 Å². The second-order valence-corrected chi connectivity index (χ2v) is 18.0. The third kappa shape index (κ3) is 5.41. The van der Waals surface area contributed by atoms with Crippen LogP contribution in [0.3, 0.4) is 0 Å². The predicted octanol–water partition coefficient (Wildman–Crippen LogP) is 15.2. The lowest BCUT2D eigenvalue weighted by molar-refractivity contribution is 1.10. The molecule has 8 nitrogen and oxygen atoms in total. The molecule has 330 valence electrons. The van der Waals surface area contributed by atoms with Crippen molar-refractivity contribution < 1.29 is 0 Å². The van der Waals surface area contributed by atoms with Crippen LogP contribution in [0.25, 0.3) is 121 Å². The molecule has 0 N–H and O–H groups in total. The molecule has 72 heavy (non-hydrogen) atoms. The number of hydrogen-bond acceptors (Lipinski definition) is 4. The summed E-state index contributed by atoms with van der Waals surface area (Å²) in [7, 11) is 0. The van der Waals surface area contributed by atoms with Crippen LogP contribution in [0.2, 0.25) is 0 Å². The third-order valence-corrected chi connectivity index (χ3v) is 14.5. The molecule has 0 amide bonds. The van der Waals surface area contributed by atoms with Gasteiger partial charge in [0.2, 0.25) is 0 Å². The molecule has 10 aromatic carbocycles. The van der Waals surface area contributed by atoms with Gasteiger partial charge in [-0.15, -0.1) is 0 Å². The molecule has 0 aliphatic rings. The lowest BCUT2D eigenvalue weighted by Gasteiger charge is -2.25. The van der Waals surface area contributed by atoms with Crippen LogP contribution in [-0.2, 0) is 0 Å². The normalized spacial score (nSPS) is 11.6. The van der Waals surface area contributed by atoms with E-state index in [1.165, 1.54) is 0 Å². The summed E-state index contributed by atoms with van der Waals surface area (Å²) in [6, 6.07) is 79.4. The van der Waals surface area contributed by atoms with Gasteiger partial charge in [-0.25, -0.2) is 0 Å². The van der Waals surface area contributed by atoms with E-state index in [9.17, 15) is 21.0 Å². The SMILES string of the molecule is N#Cc1c(-n2c3ccccc3c3ccccc32)cc(-c2cc(-n3c4ccccc4c4ccccc43)c(C#N)c(C#N)c2-n2c3ccccc3c3ccccc32)c(-n2c3ccccc3c3ccccc32)c1C#N. The van der Waals surface area contributed by atoms with Crippen molar-refractivity contribution in [3.8, 4) is 58.2 Å². The summed E-state index contributed by atoms with van der Waals surface area (Å²) in [5.74, 6) is 0. The number of rotatable bonds is 5. The Balaban J connectivity index is 1.27. The maximum Gasteiger partial charge on any atom is 0.103 e. The molecule has 14 rings (SSSR count). The fraction of sp³-hybridized carbons (Fsp3) is 0. The van der Waals surface area contributed by atoms with Crippen LogP contribution in [0.1, 0.15) is 22.3 Å². The van der Waals surface area contributed by atoms with Crippen molar-refractivity contribution in [3.63, 3.8) is 0 Å². The molecule has 0 atom stereocenters. The van der Waals surface area contributed by atoms with Crippen molar-refractivity contribution in [1.29, 1.82) is 21.0 Å². The monoisotopic (exact) mass is 914 g/mol. The molecule has 8 heteroatoms. The number of fused-ring (bicyclic) bond motifs is 12. The summed E-state index contributed by atoms with van der Waals surface area (Å²) in [5, 5.41) is 55.0. The lowest BCUT2D eigenvalue weighted by Crippen LogP contribution is -2.11. The quantitative estimate of drug-likeness (QED) is 0.171. The van der Waals surface area contributed by atoms with Gasteiger partial charge in [0.25, 0.3) is 0 Å².